The van der Waals surface area contributed by atoms with Crippen LogP contribution in [0, 0.1) is 11.6 Å². The molecular weight excluding hydrogens is 347 g/mol. The van der Waals surface area contributed by atoms with Gasteiger partial charge < -0.3 is 10.6 Å². The lowest BCUT2D eigenvalue weighted by Gasteiger charge is -2.39. The predicted molar refractivity (Wildman–Crippen MR) is 91.1 cm³/mol. The van der Waals surface area contributed by atoms with E-state index in [1.807, 2.05) is 6.92 Å². The Balaban J connectivity index is 0.00000242. The van der Waals surface area contributed by atoms with E-state index >= 15 is 0 Å². The van der Waals surface area contributed by atoms with E-state index in [9.17, 15) is 13.6 Å². The molecule has 23 heavy (non-hydrogen) atoms. The molecule has 1 atom stereocenters. The summed E-state index contributed by atoms with van der Waals surface area (Å²) in [5.41, 5.74) is 5.87. The van der Waals surface area contributed by atoms with E-state index in [0.717, 1.165) is 12.5 Å². The molecule has 0 bridgehead atoms. The highest BCUT2D eigenvalue weighted by Crippen LogP contribution is 2.27. The Hall–Kier alpha value is -0.950. The molecule has 1 aliphatic rings. The Kier molecular flexibility index (Phi) is 9.61. The van der Waals surface area contributed by atoms with Gasteiger partial charge in [0.25, 0.3) is 0 Å². The van der Waals surface area contributed by atoms with E-state index < -0.39 is 11.6 Å². The molecule has 2 rings (SSSR count). The average molecular weight is 370 g/mol. The number of hydrogen-bond donors (Lipinski definition) is 1. The number of carbonyl (C=O) groups is 1. The number of piperazine rings is 1. The highest BCUT2D eigenvalue weighted by Gasteiger charge is 2.27. The molecular formula is C15H23Cl2F2N3O. The second-order valence-corrected chi connectivity index (χ2v) is 5.21. The van der Waals surface area contributed by atoms with E-state index in [0.29, 0.717) is 31.7 Å². The number of hydrogen-bond acceptors (Lipinski definition) is 3. The Bertz CT molecular complexity index is 511. The van der Waals surface area contributed by atoms with E-state index in [4.69, 9.17) is 5.73 Å². The summed E-state index contributed by atoms with van der Waals surface area (Å²) in [6.45, 7) is 4.52. The number of amides is 1. The van der Waals surface area contributed by atoms with Crippen LogP contribution in [0.1, 0.15) is 24.9 Å². The Morgan fingerprint density at radius 1 is 1.22 bits per heavy atom. The van der Waals surface area contributed by atoms with Crippen LogP contribution >= 0.6 is 24.8 Å². The Labute approximate surface area is 147 Å². The third kappa shape index (κ3) is 5.28. The van der Waals surface area contributed by atoms with Crippen LogP contribution in [0.3, 0.4) is 0 Å². The van der Waals surface area contributed by atoms with Crippen molar-refractivity contribution >= 4 is 30.7 Å². The van der Waals surface area contributed by atoms with Crippen LogP contribution in [-0.4, -0.2) is 48.4 Å². The topological polar surface area (TPSA) is 49.6 Å². The maximum atomic E-state index is 14.0. The smallest absolute Gasteiger partial charge is 0.236 e. The van der Waals surface area contributed by atoms with Crippen LogP contribution < -0.4 is 5.73 Å². The molecule has 0 radical (unpaired) electrons. The molecule has 1 saturated heterocycles. The average Bonchev–Trinajstić information content (AvgIpc) is 2.50. The number of benzene rings is 1. The Morgan fingerprint density at radius 3 is 2.30 bits per heavy atom. The lowest BCUT2D eigenvalue weighted by molar-refractivity contribution is -0.131. The summed E-state index contributed by atoms with van der Waals surface area (Å²) in [4.78, 5) is 15.4. The highest BCUT2D eigenvalue weighted by molar-refractivity contribution is 5.85. The minimum Gasteiger partial charge on any atom is -0.339 e. The fourth-order valence-electron chi connectivity index (χ4n) is 2.86. The summed E-state index contributed by atoms with van der Waals surface area (Å²) in [6, 6.07) is 3.62. The first-order valence-electron chi connectivity index (χ1n) is 7.23. The molecule has 0 saturated carbocycles. The third-order valence-corrected chi connectivity index (χ3v) is 3.99. The van der Waals surface area contributed by atoms with Gasteiger partial charge in [-0.2, -0.15) is 0 Å². The van der Waals surface area contributed by atoms with Crippen LogP contribution in [0.4, 0.5) is 8.78 Å². The van der Waals surface area contributed by atoms with Gasteiger partial charge in [-0.05, 0) is 12.5 Å². The van der Waals surface area contributed by atoms with Crippen LogP contribution in [0.15, 0.2) is 18.2 Å². The van der Waals surface area contributed by atoms with E-state index in [2.05, 4.69) is 4.90 Å². The van der Waals surface area contributed by atoms with Crippen molar-refractivity contribution in [1.82, 2.24) is 9.80 Å². The molecule has 1 aromatic rings. The van der Waals surface area contributed by atoms with Crippen LogP contribution in [0.5, 0.6) is 0 Å². The summed E-state index contributed by atoms with van der Waals surface area (Å²) < 4.78 is 27.0. The van der Waals surface area contributed by atoms with Gasteiger partial charge in [-0.15, -0.1) is 24.8 Å². The van der Waals surface area contributed by atoms with Crippen molar-refractivity contribution in [2.45, 2.75) is 19.4 Å². The molecule has 1 fully saturated rings. The highest BCUT2D eigenvalue weighted by atomic mass is 35.5. The number of nitrogens with two attached hydrogens (primary N) is 1. The molecule has 1 aliphatic heterocycles. The summed E-state index contributed by atoms with van der Waals surface area (Å²) in [5, 5.41) is 0. The molecule has 0 aromatic heterocycles. The molecule has 1 amide bonds. The first-order chi connectivity index (χ1) is 10.1. The monoisotopic (exact) mass is 369 g/mol. The van der Waals surface area contributed by atoms with Crippen molar-refractivity contribution in [3.63, 3.8) is 0 Å². The zero-order valence-corrected chi connectivity index (χ0v) is 14.6. The van der Waals surface area contributed by atoms with Crippen LogP contribution in [0.25, 0.3) is 0 Å². The van der Waals surface area contributed by atoms with Crippen LogP contribution in [0.2, 0.25) is 0 Å². The maximum absolute atomic E-state index is 14.0. The van der Waals surface area contributed by atoms with Gasteiger partial charge in [-0.25, -0.2) is 8.78 Å². The van der Waals surface area contributed by atoms with Crippen molar-refractivity contribution in [1.29, 1.82) is 0 Å². The zero-order valence-electron chi connectivity index (χ0n) is 13.0. The second-order valence-electron chi connectivity index (χ2n) is 5.21. The normalized spacial score (nSPS) is 16.3. The molecule has 4 nitrogen and oxygen atoms in total. The number of halogens is 4. The Morgan fingerprint density at radius 2 is 1.83 bits per heavy atom. The summed E-state index contributed by atoms with van der Waals surface area (Å²) >= 11 is 0. The molecule has 1 aromatic carbocycles. The lowest BCUT2D eigenvalue weighted by atomic mass is 10.0. The molecule has 0 aliphatic carbocycles. The van der Waals surface area contributed by atoms with Crippen molar-refractivity contribution in [2.75, 3.05) is 32.7 Å². The van der Waals surface area contributed by atoms with Gasteiger partial charge in [0.15, 0.2) is 0 Å². The van der Waals surface area contributed by atoms with Crippen molar-refractivity contribution < 1.29 is 13.6 Å². The molecule has 0 spiro atoms. The third-order valence-electron chi connectivity index (χ3n) is 3.99. The van der Waals surface area contributed by atoms with E-state index in [1.165, 1.54) is 12.1 Å². The fraction of sp³-hybridized carbons (Fsp3) is 0.533. The van der Waals surface area contributed by atoms with E-state index in [-0.39, 0.29) is 43.3 Å². The number of carbonyl (C=O) groups excluding carboxylic acids is 1. The van der Waals surface area contributed by atoms with Crippen molar-refractivity contribution in [3.05, 3.63) is 35.4 Å². The standard InChI is InChI=1S/C15H21F2N3O.2ClH/c1-2-14(12-4-3-11(16)9-13(12)17)19-5-7-20(8-6-19)15(21)10-18;;/h3-4,9,14H,2,5-8,10,18H2,1H3;2*1H. The van der Waals surface area contributed by atoms with Gasteiger partial charge in [0, 0.05) is 43.9 Å². The minimum atomic E-state index is -0.565. The molecule has 1 heterocycles. The van der Waals surface area contributed by atoms with Gasteiger partial charge in [0.2, 0.25) is 5.91 Å². The first-order valence-corrected chi connectivity index (χ1v) is 7.23. The largest absolute Gasteiger partial charge is 0.339 e. The predicted octanol–water partition coefficient (Wildman–Crippen LogP) is 2.36. The molecule has 2 N–H and O–H groups in total. The van der Waals surface area contributed by atoms with Gasteiger partial charge in [-0.1, -0.05) is 13.0 Å². The quantitative estimate of drug-likeness (QED) is 0.886. The van der Waals surface area contributed by atoms with Crippen molar-refractivity contribution in [2.24, 2.45) is 5.73 Å². The van der Waals surface area contributed by atoms with Crippen molar-refractivity contribution in [3.8, 4) is 0 Å². The van der Waals surface area contributed by atoms with Gasteiger partial charge in [0.1, 0.15) is 11.6 Å². The summed E-state index contributed by atoms with van der Waals surface area (Å²) in [5.74, 6) is -1.14. The van der Waals surface area contributed by atoms with Gasteiger partial charge in [0.05, 0.1) is 6.54 Å². The summed E-state index contributed by atoms with van der Waals surface area (Å²) in [6.07, 6.45) is 0.730. The summed E-state index contributed by atoms with van der Waals surface area (Å²) in [7, 11) is 0. The maximum Gasteiger partial charge on any atom is 0.236 e. The van der Waals surface area contributed by atoms with Gasteiger partial charge in [-0.3, -0.25) is 9.69 Å². The fourth-order valence-corrected chi connectivity index (χ4v) is 2.86. The molecule has 8 heteroatoms. The zero-order chi connectivity index (χ0) is 15.4. The first kappa shape index (κ1) is 22.1. The number of rotatable bonds is 4. The SMILES string of the molecule is CCC(c1ccc(F)cc1F)N1CCN(C(=O)CN)CC1.Cl.Cl. The second kappa shape index (κ2) is 10.0. The van der Waals surface area contributed by atoms with Gasteiger partial charge >= 0.3 is 0 Å². The van der Waals surface area contributed by atoms with E-state index in [1.54, 1.807) is 4.90 Å². The minimum absolute atomic E-state index is 0. The number of nitrogens with zero attached hydrogens (tertiary/aromatic N) is 2. The molecule has 1 unspecified atom stereocenters. The van der Waals surface area contributed by atoms with Crippen LogP contribution in [-0.2, 0) is 4.79 Å². The molecule has 132 valence electrons. The lowest BCUT2D eigenvalue weighted by Crippen LogP contribution is -2.51.